The zero-order valence-electron chi connectivity index (χ0n) is 16.8. The van der Waals surface area contributed by atoms with Crippen molar-refractivity contribution in [3.8, 4) is 0 Å². The summed E-state index contributed by atoms with van der Waals surface area (Å²) >= 11 is 1.38. The highest BCUT2D eigenvalue weighted by Gasteiger charge is 2.33. The molecule has 0 spiro atoms. The monoisotopic (exact) mass is 434 g/mol. The van der Waals surface area contributed by atoms with Crippen molar-refractivity contribution in [1.29, 1.82) is 0 Å². The Balaban J connectivity index is 1.39. The molecule has 2 aliphatic heterocycles. The minimum absolute atomic E-state index is 0.193. The Kier molecular flexibility index (Phi) is 5.71. The van der Waals surface area contributed by atoms with Crippen LogP contribution >= 0.6 is 11.5 Å². The number of cyclic esters (lactones) is 1. The van der Waals surface area contributed by atoms with Crippen LogP contribution in [0.5, 0.6) is 0 Å². The highest BCUT2D eigenvalue weighted by Crippen LogP contribution is 2.29. The van der Waals surface area contributed by atoms with E-state index in [1.165, 1.54) is 29.4 Å². The van der Waals surface area contributed by atoms with Crippen molar-refractivity contribution < 1.29 is 18.7 Å². The molecule has 4 rings (SSSR count). The normalized spacial score (nSPS) is 19.2. The second-order valence-corrected chi connectivity index (χ2v) is 8.02. The third-order valence-corrected chi connectivity index (χ3v) is 5.97. The first-order chi connectivity index (χ1) is 14.4. The number of piperazine rings is 1. The molecule has 11 heteroatoms. The molecule has 1 aromatic heterocycles. The van der Waals surface area contributed by atoms with E-state index in [0.29, 0.717) is 24.5 Å². The maximum atomic E-state index is 14.9. The van der Waals surface area contributed by atoms with E-state index in [1.807, 2.05) is 11.8 Å². The van der Waals surface area contributed by atoms with E-state index in [4.69, 9.17) is 4.74 Å². The Hall–Kier alpha value is -2.95. The number of ether oxygens (including phenoxy) is 1. The minimum atomic E-state index is -0.543. The SMILES string of the molecule is CC(=O)NC[C@H]1CN(c2ccc(N3CCN(c4nc(C)ns4)CC3)c(F)c2)C(=O)O1. The van der Waals surface area contributed by atoms with Gasteiger partial charge in [0.1, 0.15) is 17.7 Å². The minimum Gasteiger partial charge on any atom is -0.442 e. The number of hydrogen-bond donors (Lipinski definition) is 1. The lowest BCUT2D eigenvalue weighted by Crippen LogP contribution is -2.46. The summed E-state index contributed by atoms with van der Waals surface area (Å²) < 4.78 is 24.3. The number of amides is 2. The second kappa shape index (κ2) is 8.42. The van der Waals surface area contributed by atoms with Crippen molar-refractivity contribution in [3.63, 3.8) is 0 Å². The van der Waals surface area contributed by atoms with Crippen LogP contribution in [0.15, 0.2) is 18.2 Å². The quantitative estimate of drug-likeness (QED) is 0.767. The lowest BCUT2D eigenvalue weighted by molar-refractivity contribution is -0.119. The lowest BCUT2D eigenvalue weighted by atomic mass is 10.2. The van der Waals surface area contributed by atoms with E-state index < -0.39 is 12.2 Å². The number of anilines is 3. The van der Waals surface area contributed by atoms with Gasteiger partial charge in [-0.15, -0.1) is 0 Å². The summed E-state index contributed by atoms with van der Waals surface area (Å²) in [6, 6.07) is 4.78. The van der Waals surface area contributed by atoms with E-state index >= 15 is 0 Å². The van der Waals surface area contributed by atoms with E-state index in [-0.39, 0.29) is 24.8 Å². The summed E-state index contributed by atoms with van der Waals surface area (Å²) in [4.78, 5) is 33.1. The highest BCUT2D eigenvalue weighted by molar-refractivity contribution is 7.09. The number of nitrogens with one attached hydrogen (secondary N) is 1. The fourth-order valence-electron chi connectivity index (χ4n) is 3.57. The molecule has 3 heterocycles. The predicted molar refractivity (Wildman–Crippen MR) is 112 cm³/mol. The smallest absolute Gasteiger partial charge is 0.414 e. The molecule has 1 aromatic carbocycles. The van der Waals surface area contributed by atoms with Crippen LogP contribution in [0, 0.1) is 12.7 Å². The molecule has 0 aliphatic carbocycles. The molecule has 1 N–H and O–H groups in total. The molecule has 0 unspecified atom stereocenters. The van der Waals surface area contributed by atoms with Gasteiger partial charge in [0.2, 0.25) is 11.0 Å². The molecule has 0 saturated carbocycles. The molecule has 0 radical (unpaired) electrons. The molecule has 2 fully saturated rings. The molecule has 0 bridgehead atoms. The average molecular weight is 434 g/mol. The molecule has 2 saturated heterocycles. The zero-order valence-corrected chi connectivity index (χ0v) is 17.6. The van der Waals surface area contributed by atoms with Crippen LogP contribution in [0.3, 0.4) is 0 Å². The number of aromatic nitrogens is 2. The Morgan fingerprint density at radius 2 is 2.03 bits per heavy atom. The van der Waals surface area contributed by atoms with Gasteiger partial charge in [-0.1, -0.05) is 0 Å². The van der Waals surface area contributed by atoms with E-state index in [2.05, 4.69) is 19.6 Å². The van der Waals surface area contributed by atoms with Crippen molar-refractivity contribution in [3.05, 3.63) is 29.8 Å². The number of halogens is 1. The maximum Gasteiger partial charge on any atom is 0.414 e. The molecule has 2 amide bonds. The Morgan fingerprint density at radius 3 is 2.67 bits per heavy atom. The predicted octanol–water partition coefficient (Wildman–Crippen LogP) is 1.77. The Morgan fingerprint density at radius 1 is 1.30 bits per heavy atom. The van der Waals surface area contributed by atoms with E-state index in [0.717, 1.165) is 24.0 Å². The van der Waals surface area contributed by atoms with Gasteiger partial charge in [-0.2, -0.15) is 4.37 Å². The third-order valence-electron chi connectivity index (χ3n) is 5.10. The molecule has 2 aliphatic rings. The van der Waals surface area contributed by atoms with E-state index in [9.17, 15) is 14.0 Å². The van der Waals surface area contributed by atoms with Gasteiger partial charge in [0.15, 0.2) is 0 Å². The van der Waals surface area contributed by atoms with Crippen molar-refractivity contribution in [2.24, 2.45) is 0 Å². The van der Waals surface area contributed by atoms with Gasteiger partial charge >= 0.3 is 6.09 Å². The van der Waals surface area contributed by atoms with Gasteiger partial charge < -0.3 is 19.9 Å². The first-order valence-corrected chi connectivity index (χ1v) is 10.5. The van der Waals surface area contributed by atoms with Gasteiger partial charge in [0, 0.05) is 44.6 Å². The van der Waals surface area contributed by atoms with Gasteiger partial charge in [-0.25, -0.2) is 14.2 Å². The summed E-state index contributed by atoms with van der Waals surface area (Å²) in [5.74, 6) is 0.186. The molecule has 9 nitrogen and oxygen atoms in total. The summed E-state index contributed by atoms with van der Waals surface area (Å²) in [6.45, 7) is 6.56. The zero-order chi connectivity index (χ0) is 21.3. The van der Waals surface area contributed by atoms with Crippen molar-refractivity contribution in [2.75, 3.05) is 54.0 Å². The maximum absolute atomic E-state index is 14.9. The number of carbonyl (C=O) groups excluding carboxylic acids is 2. The van der Waals surface area contributed by atoms with Crippen LogP contribution in [-0.4, -0.2) is 66.7 Å². The molecule has 2 aromatic rings. The standard InChI is InChI=1S/C19H23FN6O3S/c1-12-22-18(30-23-12)25-7-5-24(6-8-25)17-4-3-14(9-16(17)20)26-11-15(29-19(26)28)10-21-13(2)27/h3-4,9,15H,5-8,10-11H2,1-2H3,(H,21,27)/t15-/m0/s1. The van der Waals surface area contributed by atoms with Gasteiger partial charge in [0.25, 0.3) is 0 Å². The largest absolute Gasteiger partial charge is 0.442 e. The van der Waals surface area contributed by atoms with Crippen molar-refractivity contribution >= 4 is 40.0 Å². The number of nitrogens with zero attached hydrogens (tertiary/aromatic N) is 5. The number of benzene rings is 1. The summed E-state index contributed by atoms with van der Waals surface area (Å²) in [7, 11) is 0. The number of aryl methyl sites for hydroxylation is 1. The van der Waals surface area contributed by atoms with Gasteiger partial charge in [-0.05, 0) is 25.1 Å². The topological polar surface area (TPSA) is 90.9 Å². The van der Waals surface area contributed by atoms with Crippen molar-refractivity contribution in [1.82, 2.24) is 14.7 Å². The third kappa shape index (κ3) is 4.30. The molecule has 160 valence electrons. The van der Waals surface area contributed by atoms with Crippen molar-refractivity contribution in [2.45, 2.75) is 20.0 Å². The molecular weight excluding hydrogens is 411 g/mol. The fourth-order valence-corrected chi connectivity index (χ4v) is 4.30. The number of rotatable bonds is 5. The number of carbonyl (C=O) groups is 2. The molecule has 1 atom stereocenters. The van der Waals surface area contributed by atoms with Gasteiger partial charge in [-0.3, -0.25) is 9.69 Å². The van der Waals surface area contributed by atoms with Crippen LogP contribution in [0.2, 0.25) is 0 Å². The summed E-state index contributed by atoms with van der Waals surface area (Å²) in [5.41, 5.74) is 0.948. The fraction of sp³-hybridized carbons (Fsp3) is 0.474. The van der Waals surface area contributed by atoms with Gasteiger partial charge in [0.05, 0.1) is 24.5 Å². The van der Waals surface area contributed by atoms with Crippen LogP contribution in [0.4, 0.5) is 25.7 Å². The number of hydrogen-bond acceptors (Lipinski definition) is 8. The summed E-state index contributed by atoms with van der Waals surface area (Å²) in [5, 5.41) is 3.52. The van der Waals surface area contributed by atoms with Crippen LogP contribution < -0.4 is 20.0 Å². The second-order valence-electron chi connectivity index (χ2n) is 7.29. The lowest BCUT2D eigenvalue weighted by Gasteiger charge is -2.36. The Bertz CT molecular complexity index is 946. The van der Waals surface area contributed by atoms with E-state index in [1.54, 1.807) is 12.1 Å². The molecular formula is C19H23FN6O3S. The average Bonchev–Trinajstić information content (AvgIpc) is 3.32. The van der Waals surface area contributed by atoms with Crippen LogP contribution in [0.25, 0.3) is 0 Å². The first kappa shape index (κ1) is 20.3. The Labute approximate surface area is 177 Å². The molecule has 30 heavy (non-hydrogen) atoms. The van der Waals surface area contributed by atoms with Crippen LogP contribution in [0.1, 0.15) is 12.7 Å². The summed E-state index contributed by atoms with van der Waals surface area (Å²) in [6.07, 6.45) is -1.00. The van der Waals surface area contributed by atoms with Crippen LogP contribution in [-0.2, 0) is 9.53 Å². The highest BCUT2D eigenvalue weighted by atomic mass is 32.1. The first-order valence-electron chi connectivity index (χ1n) is 9.73.